The Hall–Kier alpha value is -0.860. The van der Waals surface area contributed by atoms with Crippen LogP contribution in [0.15, 0.2) is 35.5 Å². The van der Waals surface area contributed by atoms with E-state index in [0.29, 0.717) is 18.3 Å². The van der Waals surface area contributed by atoms with Gasteiger partial charge in [0.1, 0.15) is 0 Å². The van der Waals surface area contributed by atoms with E-state index in [1.165, 1.54) is 11.1 Å². The zero-order chi connectivity index (χ0) is 16.8. The van der Waals surface area contributed by atoms with Crippen LogP contribution >= 0.6 is 0 Å². The Morgan fingerprint density at radius 2 is 1.86 bits per heavy atom. The maximum atomic E-state index is 10.5. The Bertz CT molecular complexity index is 427. The highest BCUT2D eigenvalue weighted by molar-refractivity contribution is 5.10. The lowest BCUT2D eigenvalue weighted by Gasteiger charge is -2.24. The van der Waals surface area contributed by atoms with Crippen molar-refractivity contribution in [3.05, 3.63) is 35.5 Å². The van der Waals surface area contributed by atoms with Crippen molar-refractivity contribution in [1.29, 1.82) is 0 Å². The number of aliphatic hydroxyl groups is 2. The Morgan fingerprint density at radius 1 is 1.18 bits per heavy atom. The van der Waals surface area contributed by atoms with Gasteiger partial charge in [-0.05, 0) is 58.3 Å². The average molecular weight is 306 g/mol. The van der Waals surface area contributed by atoms with Crippen LogP contribution in [0, 0.1) is 11.8 Å². The van der Waals surface area contributed by atoms with E-state index >= 15 is 0 Å². The fourth-order valence-electron chi connectivity index (χ4n) is 2.99. The molecule has 1 aliphatic rings. The average Bonchev–Trinajstić information content (AvgIpc) is 2.36. The molecular formula is C20H34O2. The van der Waals surface area contributed by atoms with Crippen molar-refractivity contribution >= 4 is 0 Å². The van der Waals surface area contributed by atoms with Crippen molar-refractivity contribution in [2.45, 2.75) is 78.4 Å². The molecule has 0 aromatic carbocycles. The van der Waals surface area contributed by atoms with Gasteiger partial charge < -0.3 is 10.2 Å². The summed E-state index contributed by atoms with van der Waals surface area (Å²) in [6, 6.07) is 0. The molecule has 0 unspecified atom stereocenters. The smallest absolute Gasteiger partial charge is 0.0827 e. The topological polar surface area (TPSA) is 40.5 Å². The molecule has 0 aromatic rings. The van der Waals surface area contributed by atoms with Crippen LogP contribution in [0.3, 0.4) is 0 Å². The van der Waals surface area contributed by atoms with Crippen molar-refractivity contribution in [2.24, 2.45) is 11.8 Å². The molecule has 0 aromatic heterocycles. The van der Waals surface area contributed by atoms with E-state index in [9.17, 15) is 10.2 Å². The minimum atomic E-state index is -0.960. The third-order valence-electron chi connectivity index (χ3n) is 4.56. The second-order valence-electron chi connectivity index (χ2n) is 7.54. The van der Waals surface area contributed by atoms with Crippen molar-refractivity contribution in [1.82, 2.24) is 0 Å². The minimum absolute atomic E-state index is 0.348. The summed E-state index contributed by atoms with van der Waals surface area (Å²) in [7, 11) is 0. The third-order valence-corrected chi connectivity index (χ3v) is 4.56. The first-order valence-electron chi connectivity index (χ1n) is 8.62. The predicted octanol–water partition coefficient (Wildman–Crippen LogP) is 4.78. The maximum Gasteiger partial charge on any atom is 0.0827 e. The van der Waals surface area contributed by atoms with E-state index < -0.39 is 11.7 Å². The molecule has 3 atom stereocenters. The molecule has 0 radical (unpaired) electrons. The molecule has 0 saturated carbocycles. The van der Waals surface area contributed by atoms with Gasteiger partial charge in [-0.15, -0.1) is 0 Å². The zero-order valence-corrected chi connectivity index (χ0v) is 15.0. The molecule has 1 aliphatic carbocycles. The molecule has 2 nitrogen and oxygen atoms in total. The number of hydrogen-bond donors (Lipinski definition) is 2. The zero-order valence-electron chi connectivity index (χ0n) is 15.0. The van der Waals surface area contributed by atoms with Crippen LogP contribution in [0.25, 0.3) is 0 Å². The van der Waals surface area contributed by atoms with Crippen molar-refractivity contribution < 1.29 is 10.2 Å². The second kappa shape index (κ2) is 8.69. The van der Waals surface area contributed by atoms with Crippen LogP contribution in [0.1, 0.15) is 66.7 Å². The Kier molecular flexibility index (Phi) is 7.58. The molecule has 126 valence electrons. The van der Waals surface area contributed by atoms with Gasteiger partial charge in [0.2, 0.25) is 0 Å². The van der Waals surface area contributed by atoms with Crippen LogP contribution in [-0.2, 0) is 0 Å². The van der Waals surface area contributed by atoms with Gasteiger partial charge in [0.05, 0.1) is 11.7 Å². The molecule has 22 heavy (non-hydrogen) atoms. The summed E-state index contributed by atoms with van der Waals surface area (Å²) in [6.07, 6.45) is 12.2. The molecule has 2 N–H and O–H groups in total. The van der Waals surface area contributed by atoms with Gasteiger partial charge in [0.25, 0.3) is 0 Å². The summed E-state index contributed by atoms with van der Waals surface area (Å²) in [5.74, 6) is 1.02. The number of rotatable bonds is 1. The van der Waals surface area contributed by atoms with E-state index in [4.69, 9.17) is 0 Å². The molecule has 2 heteroatoms. The van der Waals surface area contributed by atoms with Gasteiger partial charge in [-0.2, -0.15) is 0 Å². The Labute approximate surface area is 136 Å². The predicted molar refractivity (Wildman–Crippen MR) is 94.7 cm³/mol. The molecule has 0 bridgehead atoms. The summed E-state index contributed by atoms with van der Waals surface area (Å²) in [4.78, 5) is 0. The molecule has 0 heterocycles. The second-order valence-corrected chi connectivity index (χ2v) is 7.54. The molecule has 0 saturated heterocycles. The fourth-order valence-corrected chi connectivity index (χ4v) is 2.99. The molecule has 0 fully saturated rings. The quantitative estimate of drug-likeness (QED) is 0.684. The first kappa shape index (κ1) is 19.2. The minimum Gasteiger partial charge on any atom is -0.389 e. The summed E-state index contributed by atoms with van der Waals surface area (Å²) >= 11 is 0. The van der Waals surface area contributed by atoms with Gasteiger partial charge in [-0.3, -0.25) is 0 Å². The standard InChI is InChI=1S/C20H34O2/c1-15(2)18-10-9-16(3)7-6-8-17(4)13-19(21)14-20(5,22)12-11-18/h7,11-13,15,18-19,21-22H,6,8-10,14H2,1-5H3/b12-11?,16-7+,17-13+/t18-,19+,20+/m1/s1. The largest absolute Gasteiger partial charge is 0.389 e. The summed E-state index contributed by atoms with van der Waals surface area (Å²) < 4.78 is 0. The lowest BCUT2D eigenvalue weighted by atomic mass is 9.86. The normalized spacial score (nSPS) is 37.1. The van der Waals surface area contributed by atoms with Gasteiger partial charge in [0.15, 0.2) is 0 Å². The highest BCUT2D eigenvalue weighted by Gasteiger charge is 2.21. The number of hydrogen-bond acceptors (Lipinski definition) is 2. The van der Waals surface area contributed by atoms with E-state index in [0.717, 1.165) is 25.7 Å². The van der Waals surface area contributed by atoms with Crippen LogP contribution in [0.4, 0.5) is 0 Å². The van der Waals surface area contributed by atoms with Crippen LogP contribution in [0.2, 0.25) is 0 Å². The lowest BCUT2D eigenvalue weighted by Crippen LogP contribution is -2.27. The maximum absolute atomic E-state index is 10.5. The highest BCUT2D eigenvalue weighted by atomic mass is 16.3. The summed E-state index contributed by atoms with van der Waals surface area (Å²) in [6.45, 7) is 10.5. The van der Waals surface area contributed by atoms with Crippen molar-refractivity contribution in [2.75, 3.05) is 0 Å². The first-order valence-corrected chi connectivity index (χ1v) is 8.62. The van der Waals surface area contributed by atoms with Crippen molar-refractivity contribution in [3.63, 3.8) is 0 Å². The van der Waals surface area contributed by atoms with Crippen LogP contribution < -0.4 is 0 Å². The van der Waals surface area contributed by atoms with E-state index in [1.807, 2.05) is 12.2 Å². The molecule has 0 amide bonds. The van der Waals surface area contributed by atoms with Crippen LogP contribution in [0.5, 0.6) is 0 Å². The number of allylic oxidation sites excluding steroid dienone is 4. The van der Waals surface area contributed by atoms with Crippen molar-refractivity contribution in [3.8, 4) is 0 Å². The Balaban J connectivity index is 2.97. The van der Waals surface area contributed by atoms with Gasteiger partial charge >= 0.3 is 0 Å². The summed E-state index contributed by atoms with van der Waals surface area (Å²) in [5.41, 5.74) is 1.67. The molecular weight excluding hydrogens is 272 g/mol. The molecule has 0 spiro atoms. The third kappa shape index (κ3) is 7.42. The lowest BCUT2D eigenvalue weighted by molar-refractivity contribution is 0.0565. The summed E-state index contributed by atoms with van der Waals surface area (Å²) in [5, 5.41) is 20.7. The van der Waals surface area contributed by atoms with E-state index in [2.05, 4.69) is 39.8 Å². The van der Waals surface area contributed by atoms with E-state index in [1.54, 1.807) is 6.92 Å². The van der Waals surface area contributed by atoms with Crippen LogP contribution in [-0.4, -0.2) is 21.9 Å². The monoisotopic (exact) mass is 306 g/mol. The fraction of sp³-hybridized carbons (Fsp3) is 0.700. The molecule has 1 rings (SSSR count). The van der Waals surface area contributed by atoms with Gasteiger partial charge in [0, 0.05) is 6.42 Å². The number of aliphatic hydroxyl groups excluding tert-OH is 1. The van der Waals surface area contributed by atoms with Gasteiger partial charge in [-0.1, -0.05) is 49.3 Å². The Morgan fingerprint density at radius 3 is 2.50 bits per heavy atom. The molecule has 0 aliphatic heterocycles. The van der Waals surface area contributed by atoms with E-state index in [-0.39, 0.29) is 0 Å². The van der Waals surface area contributed by atoms with Gasteiger partial charge in [-0.25, -0.2) is 0 Å². The first-order chi connectivity index (χ1) is 10.2. The highest BCUT2D eigenvalue weighted by Crippen LogP contribution is 2.25. The SMILES string of the molecule is C/C1=C\[C@H](O)C[C@@](C)(O)C=C[C@H](C(C)C)CC/C(C)=C/CC1.